The zero-order valence-electron chi connectivity index (χ0n) is 28.8. The normalized spacial score (nSPS) is 10.8. The van der Waals surface area contributed by atoms with Crippen LogP contribution in [0.15, 0.2) is 72.8 Å². The maximum atomic E-state index is 11.3. The molecule has 13 nitrogen and oxygen atoms in total. The van der Waals surface area contributed by atoms with E-state index in [1.807, 2.05) is 30.3 Å². The van der Waals surface area contributed by atoms with Gasteiger partial charge in [-0.1, -0.05) is 36.4 Å². The Morgan fingerprint density at radius 1 is 0.667 bits per heavy atom. The highest BCUT2D eigenvalue weighted by molar-refractivity contribution is 5.85. The van der Waals surface area contributed by atoms with E-state index in [0.717, 1.165) is 16.7 Å². The minimum Gasteiger partial charge on any atom is -1.00 e. The molecular weight excluding hydrogens is 699 g/mol. The number of benzene rings is 3. The van der Waals surface area contributed by atoms with E-state index in [2.05, 4.69) is 5.73 Å². The summed E-state index contributed by atoms with van der Waals surface area (Å²) in [5.74, 6) is -1.70. The lowest BCUT2D eigenvalue weighted by Gasteiger charge is -2.10. The molecule has 51 heavy (non-hydrogen) atoms. The summed E-state index contributed by atoms with van der Waals surface area (Å²) in [6, 6.07) is 24.9. The number of carboxylic acid groups (broad SMARTS) is 1. The monoisotopic (exact) mass is 744 g/mol. The molecule has 0 saturated carbocycles. The highest BCUT2D eigenvalue weighted by Gasteiger charge is 2.19. The third-order valence-corrected chi connectivity index (χ3v) is 6.17. The topological polar surface area (TPSA) is 261 Å². The van der Waals surface area contributed by atoms with Gasteiger partial charge in [0.25, 0.3) is 0 Å². The molecule has 0 heterocycles. The summed E-state index contributed by atoms with van der Waals surface area (Å²) in [5.41, 5.74) is 19.2. The van der Waals surface area contributed by atoms with Crippen molar-refractivity contribution in [2.75, 3.05) is 19.8 Å². The number of carbonyl (C=O) groups excluding carboxylic acids is 2. The maximum absolute atomic E-state index is 11.3. The number of nitrogens with zero attached hydrogens (tertiary/aromatic N) is 3. The number of nitrogens with two attached hydrogens (primary N) is 2. The number of carboxylic acids is 1. The van der Waals surface area contributed by atoms with Gasteiger partial charge in [-0.05, 0) is 86.7 Å². The molecule has 0 aliphatic rings. The molecule has 0 unspecified atom stereocenters. The molecule has 9 N–H and O–H groups in total. The molecule has 15 heteroatoms. The van der Waals surface area contributed by atoms with Crippen molar-refractivity contribution in [3.63, 3.8) is 0 Å². The van der Waals surface area contributed by atoms with Crippen molar-refractivity contribution < 1.29 is 52.2 Å². The van der Waals surface area contributed by atoms with Crippen molar-refractivity contribution in [2.24, 2.45) is 11.5 Å². The number of quaternary nitrogens is 1. The predicted octanol–water partition coefficient (Wildman–Crippen LogP) is -0.797. The molecule has 3 aromatic rings. The third-order valence-electron chi connectivity index (χ3n) is 6.17. The first kappa shape index (κ1) is 50.3. The van der Waals surface area contributed by atoms with Gasteiger partial charge in [-0.2, -0.15) is 15.8 Å². The van der Waals surface area contributed by atoms with Crippen molar-refractivity contribution in [2.45, 2.75) is 58.2 Å². The molecule has 0 radical (unpaired) electrons. The molecule has 0 aliphatic heterocycles. The third kappa shape index (κ3) is 22.3. The van der Waals surface area contributed by atoms with Crippen LogP contribution < -0.4 is 29.6 Å². The van der Waals surface area contributed by atoms with Gasteiger partial charge in [-0.3, -0.25) is 9.59 Å². The van der Waals surface area contributed by atoms with Crippen molar-refractivity contribution in [1.82, 2.24) is 0 Å². The summed E-state index contributed by atoms with van der Waals surface area (Å²) in [6.45, 7) is 6.15. The quantitative estimate of drug-likeness (QED) is 0.151. The average molecular weight is 746 g/mol. The number of rotatable bonds is 11. The second-order valence-corrected chi connectivity index (χ2v) is 10.1. The van der Waals surface area contributed by atoms with Crippen LogP contribution in [-0.2, 0) is 43.1 Å². The van der Waals surface area contributed by atoms with Gasteiger partial charge in [0, 0.05) is 13.0 Å². The minimum atomic E-state index is -1.02. The first-order valence-electron chi connectivity index (χ1n) is 15.4. The number of nitriles is 3. The molecule has 0 fully saturated rings. The minimum absolute atomic E-state index is 0. The van der Waals surface area contributed by atoms with E-state index in [9.17, 15) is 14.4 Å². The van der Waals surface area contributed by atoms with E-state index in [1.165, 1.54) is 0 Å². The molecule has 276 valence electrons. The number of esters is 2. The number of hydrogen-bond acceptors (Lipinski definition) is 11. The van der Waals surface area contributed by atoms with Gasteiger partial charge in [0.15, 0.2) is 6.04 Å². The summed E-state index contributed by atoms with van der Waals surface area (Å²) in [6.07, 6.45) is 1.23. The Balaban J connectivity index is -0.000000640. The standard InChI is InChI=1S/2C12H14N2O2.C10H10N2O2.C2H6O.2ClH/c2*1-2-16-12(15)11(14)7-9-3-5-10(8-13)6-4-9;11-6-8-3-1-7(2-4-8)5-9(12)10(13)14;1-2-3;;/h2*3-6,11H,2,7,14H2,1H3;1-4,9H,5,12H2,(H,13,14);3H,2H2,1H3;2*1H/t2*11-;9-;;;/m000.../s1. The van der Waals surface area contributed by atoms with Gasteiger partial charge >= 0.3 is 17.9 Å². The summed E-state index contributed by atoms with van der Waals surface area (Å²) in [7, 11) is 0. The zero-order valence-corrected chi connectivity index (χ0v) is 30.4. The second-order valence-electron chi connectivity index (χ2n) is 10.1. The Kier molecular flexibility index (Phi) is 29.5. The summed E-state index contributed by atoms with van der Waals surface area (Å²) in [5, 5.41) is 41.9. The number of aliphatic hydroxyl groups excluding tert-OH is 1. The molecule has 0 saturated heterocycles. The van der Waals surface area contributed by atoms with Crippen LogP contribution in [0.25, 0.3) is 0 Å². The van der Waals surface area contributed by atoms with Crippen LogP contribution in [0.4, 0.5) is 0 Å². The van der Waals surface area contributed by atoms with Crippen LogP contribution in [0.1, 0.15) is 54.2 Å². The smallest absolute Gasteiger partial charge is 0.365 e. The predicted molar refractivity (Wildman–Crippen MR) is 188 cm³/mol. The van der Waals surface area contributed by atoms with E-state index < -0.39 is 30.1 Å². The fraction of sp³-hybridized carbons (Fsp3) is 0.333. The van der Waals surface area contributed by atoms with Crippen molar-refractivity contribution >= 4 is 30.3 Å². The Morgan fingerprint density at radius 3 is 1.25 bits per heavy atom. The van der Waals surface area contributed by atoms with Crippen LogP contribution in [0.5, 0.6) is 0 Å². The lowest BCUT2D eigenvalue weighted by Crippen LogP contribution is -3.00. The summed E-state index contributed by atoms with van der Waals surface area (Å²) in [4.78, 5) is 33.1. The van der Waals surface area contributed by atoms with Gasteiger partial charge in [-0.25, -0.2) is 4.79 Å². The number of halogens is 2. The van der Waals surface area contributed by atoms with Crippen molar-refractivity contribution in [3.05, 3.63) is 106 Å². The van der Waals surface area contributed by atoms with Crippen LogP contribution in [0.2, 0.25) is 0 Å². The van der Waals surface area contributed by atoms with E-state index in [1.54, 1.807) is 81.4 Å². The number of carbonyl (C=O) groups is 3. The molecule has 3 aromatic carbocycles. The lowest BCUT2D eigenvalue weighted by atomic mass is 10.1. The number of aliphatic carboxylic acids is 1. The number of aliphatic hydroxyl groups is 1. The zero-order chi connectivity index (χ0) is 37.2. The molecule has 3 atom stereocenters. The number of ether oxygens (including phenoxy) is 2. The van der Waals surface area contributed by atoms with E-state index in [0.29, 0.717) is 42.7 Å². The van der Waals surface area contributed by atoms with Gasteiger partial charge in [0.2, 0.25) is 0 Å². The van der Waals surface area contributed by atoms with E-state index in [4.69, 9.17) is 46.9 Å². The van der Waals surface area contributed by atoms with Crippen LogP contribution in [0.3, 0.4) is 0 Å². The van der Waals surface area contributed by atoms with E-state index in [-0.39, 0.29) is 43.8 Å². The van der Waals surface area contributed by atoms with Crippen molar-refractivity contribution in [3.8, 4) is 18.2 Å². The Hall–Kier alpha value is -5.04. The first-order valence-corrected chi connectivity index (χ1v) is 15.4. The second kappa shape index (κ2) is 29.8. The Bertz CT molecular complexity index is 1470. The molecular formula is C36H46Cl2N6O7. The Morgan fingerprint density at radius 2 is 0.961 bits per heavy atom. The first-order chi connectivity index (χ1) is 23.4. The van der Waals surface area contributed by atoms with E-state index >= 15 is 0 Å². The molecule has 0 amide bonds. The fourth-order valence-corrected chi connectivity index (χ4v) is 3.70. The van der Waals surface area contributed by atoms with Gasteiger partial charge in [0.05, 0.1) is 48.1 Å². The van der Waals surface area contributed by atoms with Gasteiger partial charge in [0.1, 0.15) is 12.1 Å². The van der Waals surface area contributed by atoms with Crippen LogP contribution in [0, 0.1) is 34.0 Å². The van der Waals surface area contributed by atoms with Gasteiger partial charge in [-0.15, -0.1) is 12.4 Å². The van der Waals surface area contributed by atoms with Crippen molar-refractivity contribution in [1.29, 1.82) is 15.8 Å². The largest absolute Gasteiger partial charge is 1.00 e. The summed E-state index contributed by atoms with van der Waals surface area (Å²) >= 11 is 0. The van der Waals surface area contributed by atoms with Gasteiger partial charge < -0.3 is 49.3 Å². The molecule has 0 aromatic heterocycles. The highest BCUT2D eigenvalue weighted by Crippen LogP contribution is 2.08. The van der Waals surface area contributed by atoms with Crippen LogP contribution >= 0.6 is 12.4 Å². The number of hydrogen-bond donors (Lipinski definition) is 5. The lowest BCUT2D eigenvalue weighted by molar-refractivity contribution is -0.407. The SMILES string of the molecule is CCO.CCOC(=O)[C@@H](N)Cc1ccc(C#N)cc1.CCOC(=O)[C@@H]([NH3+])Cc1ccc(C#N)cc1.Cl.N#Cc1ccc(C[C@H](N)C(=O)O)cc1.[Cl-]. The molecule has 3 rings (SSSR count). The fourth-order valence-electron chi connectivity index (χ4n) is 3.70. The Labute approximate surface area is 311 Å². The maximum Gasteiger partial charge on any atom is 0.365 e. The highest BCUT2D eigenvalue weighted by atomic mass is 35.5. The molecule has 0 aliphatic carbocycles. The summed E-state index contributed by atoms with van der Waals surface area (Å²) < 4.78 is 9.67. The van der Waals surface area contributed by atoms with Crippen LogP contribution in [-0.4, -0.2) is 66.1 Å². The molecule has 0 spiro atoms. The molecule has 0 bridgehead atoms. The average Bonchev–Trinajstić information content (AvgIpc) is 3.10.